The van der Waals surface area contributed by atoms with Crippen molar-refractivity contribution < 1.29 is 5.11 Å². The maximum absolute atomic E-state index is 9.42. The van der Waals surface area contributed by atoms with Crippen molar-refractivity contribution in [3.63, 3.8) is 0 Å². The predicted molar refractivity (Wildman–Crippen MR) is 72.3 cm³/mol. The van der Waals surface area contributed by atoms with Gasteiger partial charge in [0.2, 0.25) is 0 Å². The summed E-state index contributed by atoms with van der Waals surface area (Å²) in [5, 5.41) is 9.42. The van der Waals surface area contributed by atoms with E-state index in [9.17, 15) is 5.11 Å². The molecule has 1 aromatic rings. The second-order valence-electron chi connectivity index (χ2n) is 6.39. The van der Waals surface area contributed by atoms with Crippen LogP contribution in [0, 0.1) is 11.3 Å². The van der Waals surface area contributed by atoms with Crippen molar-refractivity contribution in [3.8, 4) is 5.75 Å². The largest absolute Gasteiger partial charge is 0.508 e. The van der Waals surface area contributed by atoms with Gasteiger partial charge in [0, 0.05) is 0 Å². The maximum atomic E-state index is 9.42. The molecule has 1 aliphatic rings. The van der Waals surface area contributed by atoms with Crippen LogP contribution in [0.15, 0.2) is 24.3 Å². The third kappa shape index (κ3) is 1.86. The van der Waals surface area contributed by atoms with Crippen LogP contribution >= 0.6 is 0 Å². The third-order valence-electron chi connectivity index (χ3n) is 5.47. The van der Waals surface area contributed by atoms with E-state index in [1.165, 1.54) is 24.8 Å². The van der Waals surface area contributed by atoms with Gasteiger partial charge < -0.3 is 5.11 Å². The van der Waals surface area contributed by atoms with Gasteiger partial charge in [-0.25, -0.2) is 0 Å². The second-order valence-corrected chi connectivity index (χ2v) is 6.39. The lowest BCUT2D eigenvalue weighted by Gasteiger charge is -2.52. The van der Waals surface area contributed by atoms with Crippen LogP contribution in [-0.2, 0) is 5.41 Å². The highest BCUT2D eigenvalue weighted by atomic mass is 16.3. The van der Waals surface area contributed by atoms with Crippen LogP contribution in [0.1, 0.15) is 52.5 Å². The van der Waals surface area contributed by atoms with Gasteiger partial charge in [-0.3, -0.25) is 0 Å². The zero-order chi connectivity index (χ0) is 12.7. The molecule has 1 nitrogen and oxygen atoms in total. The molecule has 0 aromatic heterocycles. The van der Waals surface area contributed by atoms with E-state index in [0.717, 1.165) is 5.92 Å². The van der Waals surface area contributed by atoms with Crippen LogP contribution in [-0.4, -0.2) is 5.11 Å². The first kappa shape index (κ1) is 12.5. The van der Waals surface area contributed by atoms with E-state index in [0.29, 0.717) is 11.2 Å². The lowest BCUT2D eigenvalue weighted by molar-refractivity contribution is 0.0476. The Kier molecular flexibility index (Phi) is 2.97. The lowest BCUT2D eigenvalue weighted by Crippen LogP contribution is -2.46. The molecule has 0 bridgehead atoms. The van der Waals surface area contributed by atoms with E-state index in [1.807, 2.05) is 12.1 Å². The highest BCUT2D eigenvalue weighted by molar-refractivity contribution is 5.33. The molecule has 1 N–H and O–H groups in total. The van der Waals surface area contributed by atoms with Gasteiger partial charge >= 0.3 is 0 Å². The summed E-state index contributed by atoms with van der Waals surface area (Å²) in [6.45, 7) is 9.54. The molecule has 1 aromatic carbocycles. The van der Waals surface area contributed by atoms with Crippen LogP contribution in [0.5, 0.6) is 5.75 Å². The van der Waals surface area contributed by atoms with E-state index in [-0.39, 0.29) is 5.41 Å². The lowest BCUT2D eigenvalue weighted by atomic mass is 9.52. The van der Waals surface area contributed by atoms with Crippen molar-refractivity contribution in [2.24, 2.45) is 11.3 Å². The average molecular weight is 232 g/mol. The van der Waals surface area contributed by atoms with Crippen LogP contribution in [0.3, 0.4) is 0 Å². The van der Waals surface area contributed by atoms with Gasteiger partial charge in [-0.2, -0.15) is 0 Å². The van der Waals surface area contributed by atoms with E-state index in [1.54, 1.807) is 0 Å². The molecule has 1 heteroatoms. The zero-order valence-electron chi connectivity index (χ0n) is 11.5. The van der Waals surface area contributed by atoms with Gasteiger partial charge in [-0.1, -0.05) is 52.7 Å². The highest BCUT2D eigenvalue weighted by Gasteiger charge is 2.47. The number of hydrogen-bond donors (Lipinski definition) is 1. The molecule has 0 saturated heterocycles. The van der Waals surface area contributed by atoms with Gasteiger partial charge in [0.05, 0.1) is 0 Å². The summed E-state index contributed by atoms with van der Waals surface area (Å²) < 4.78 is 0. The molecule has 1 aliphatic carbocycles. The first-order valence-electron chi connectivity index (χ1n) is 6.67. The standard InChI is InChI=1S/C16H24O/c1-12-6-5-11-16(4,15(12,2)3)13-7-9-14(17)10-8-13/h7-10,12,17H,5-6,11H2,1-4H3. The topological polar surface area (TPSA) is 20.2 Å². The van der Waals surface area contributed by atoms with Crippen molar-refractivity contribution in [1.29, 1.82) is 0 Å². The smallest absolute Gasteiger partial charge is 0.115 e. The second kappa shape index (κ2) is 4.04. The summed E-state index contributed by atoms with van der Waals surface area (Å²) in [7, 11) is 0. The number of phenols is 1. The van der Waals surface area contributed by atoms with Gasteiger partial charge in [-0.05, 0) is 40.9 Å². The molecule has 0 spiro atoms. The number of hydrogen-bond acceptors (Lipinski definition) is 1. The summed E-state index contributed by atoms with van der Waals surface area (Å²) in [5.74, 6) is 1.11. The normalized spacial score (nSPS) is 32.4. The molecule has 2 unspecified atom stereocenters. The molecular formula is C16H24O. The van der Waals surface area contributed by atoms with Crippen molar-refractivity contribution in [1.82, 2.24) is 0 Å². The van der Waals surface area contributed by atoms with Crippen LogP contribution < -0.4 is 0 Å². The van der Waals surface area contributed by atoms with Crippen LogP contribution in [0.4, 0.5) is 0 Å². The summed E-state index contributed by atoms with van der Waals surface area (Å²) in [4.78, 5) is 0. The maximum Gasteiger partial charge on any atom is 0.115 e. The summed E-state index contributed by atoms with van der Waals surface area (Å²) in [6, 6.07) is 7.82. The van der Waals surface area contributed by atoms with E-state index in [2.05, 4.69) is 39.8 Å². The molecule has 0 amide bonds. The Morgan fingerprint density at radius 3 is 2.29 bits per heavy atom. The minimum atomic E-state index is 0.221. The highest BCUT2D eigenvalue weighted by Crippen LogP contribution is 2.54. The molecule has 0 radical (unpaired) electrons. The Labute approximate surface area is 105 Å². The van der Waals surface area contributed by atoms with Crippen molar-refractivity contribution in [2.45, 2.75) is 52.4 Å². The summed E-state index contributed by atoms with van der Waals surface area (Å²) in [5.41, 5.74) is 1.90. The predicted octanol–water partition coefficient (Wildman–Crippen LogP) is 4.50. The summed E-state index contributed by atoms with van der Waals surface area (Å²) >= 11 is 0. The Hall–Kier alpha value is -0.980. The van der Waals surface area contributed by atoms with Crippen LogP contribution in [0.25, 0.3) is 0 Å². The molecular weight excluding hydrogens is 208 g/mol. The van der Waals surface area contributed by atoms with Crippen molar-refractivity contribution in [2.75, 3.05) is 0 Å². The number of benzene rings is 1. The fraction of sp³-hybridized carbons (Fsp3) is 0.625. The molecule has 2 rings (SSSR count). The Bertz CT molecular complexity index is 390. The molecule has 2 atom stereocenters. The number of phenolic OH excluding ortho intramolecular Hbond substituents is 1. The SMILES string of the molecule is CC1CCCC(C)(c2ccc(O)cc2)C1(C)C. The number of aromatic hydroxyl groups is 1. The average Bonchev–Trinajstić information content (AvgIpc) is 2.27. The molecule has 0 heterocycles. The van der Waals surface area contributed by atoms with Gasteiger partial charge in [-0.15, -0.1) is 0 Å². The number of rotatable bonds is 1. The quantitative estimate of drug-likeness (QED) is 0.756. The van der Waals surface area contributed by atoms with Gasteiger partial charge in [0.25, 0.3) is 0 Å². The molecule has 94 valence electrons. The molecule has 17 heavy (non-hydrogen) atoms. The first-order chi connectivity index (χ1) is 7.88. The third-order valence-corrected chi connectivity index (χ3v) is 5.47. The Morgan fingerprint density at radius 1 is 1.12 bits per heavy atom. The summed E-state index contributed by atoms with van der Waals surface area (Å²) in [6.07, 6.45) is 3.89. The first-order valence-corrected chi connectivity index (χ1v) is 6.67. The Morgan fingerprint density at radius 2 is 1.71 bits per heavy atom. The van der Waals surface area contributed by atoms with E-state index in [4.69, 9.17) is 0 Å². The van der Waals surface area contributed by atoms with Crippen molar-refractivity contribution in [3.05, 3.63) is 29.8 Å². The van der Waals surface area contributed by atoms with Gasteiger partial charge in [0.1, 0.15) is 5.75 Å². The monoisotopic (exact) mass is 232 g/mol. The minimum Gasteiger partial charge on any atom is -0.508 e. The Balaban J connectivity index is 2.43. The molecule has 1 fully saturated rings. The van der Waals surface area contributed by atoms with E-state index < -0.39 is 0 Å². The van der Waals surface area contributed by atoms with E-state index >= 15 is 0 Å². The van der Waals surface area contributed by atoms with Crippen molar-refractivity contribution >= 4 is 0 Å². The van der Waals surface area contributed by atoms with Crippen LogP contribution in [0.2, 0.25) is 0 Å². The fourth-order valence-electron chi connectivity index (χ4n) is 3.33. The molecule has 1 saturated carbocycles. The zero-order valence-corrected chi connectivity index (χ0v) is 11.5. The minimum absolute atomic E-state index is 0.221. The van der Waals surface area contributed by atoms with Gasteiger partial charge in [0.15, 0.2) is 0 Å². The molecule has 0 aliphatic heterocycles. The fourth-order valence-corrected chi connectivity index (χ4v) is 3.33.